The van der Waals surface area contributed by atoms with Gasteiger partial charge in [-0.05, 0) is 50.7 Å². The number of hydrogen-bond donors (Lipinski definition) is 1. The van der Waals surface area contributed by atoms with Gasteiger partial charge in [0.25, 0.3) is 0 Å². The first-order valence-electron chi connectivity index (χ1n) is 6.88. The smallest absolute Gasteiger partial charge is 0.222 e. The largest absolute Gasteiger partial charge is 0.489 e. The van der Waals surface area contributed by atoms with Gasteiger partial charge < -0.3 is 19.9 Å². The third-order valence-electron chi connectivity index (χ3n) is 3.56. The summed E-state index contributed by atoms with van der Waals surface area (Å²) in [6.45, 7) is 2.15. The third-order valence-corrected chi connectivity index (χ3v) is 3.56. The molecule has 0 radical (unpaired) electrons. The molecule has 1 aromatic carbocycles. The predicted molar refractivity (Wildman–Crippen MR) is 77.5 cm³/mol. The second-order valence-electron chi connectivity index (χ2n) is 5.28. The minimum absolute atomic E-state index is 0.280. The van der Waals surface area contributed by atoms with E-state index in [1.165, 1.54) is 6.42 Å². The highest BCUT2D eigenvalue weighted by atomic mass is 16.5. The number of likely N-dealkylation sites (tertiary alicyclic amines) is 1. The monoisotopic (exact) mass is 273 g/mol. The Bertz CT molecular complexity index is 565. The molecule has 1 unspecified atom stereocenters. The van der Waals surface area contributed by atoms with Crippen molar-refractivity contribution in [1.29, 1.82) is 0 Å². The summed E-state index contributed by atoms with van der Waals surface area (Å²) in [4.78, 5) is 2.31. The van der Waals surface area contributed by atoms with Crippen LogP contribution in [0.4, 0.5) is 5.88 Å². The maximum absolute atomic E-state index is 6.01. The van der Waals surface area contributed by atoms with Crippen LogP contribution in [0.5, 0.6) is 5.75 Å². The maximum Gasteiger partial charge on any atom is 0.222 e. The summed E-state index contributed by atoms with van der Waals surface area (Å²) >= 11 is 0. The molecule has 0 aliphatic carbocycles. The van der Waals surface area contributed by atoms with Crippen molar-refractivity contribution in [3.05, 3.63) is 30.3 Å². The Morgan fingerprint density at radius 3 is 2.80 bits per heavy atom. The Labute approximate surface area is 118 Å². The molecule has 1 saturated heterocycles. The molecule has 0 spiro atoms. The van der Waals surface area contributed by atoms with E-state index in [0.717, 1.165) is 36.5 Å². The molecule has 1 aliphatic rings. The zero-order valence-electron chi connectivity index (χ0n) is 11.6. The first kappa shape index (κ1) is 13.0. The first-order valence-corrected chi connectivity index (χ1v) is 6.88. The van der Waals surface area contributed by atoms with Gasteiger partial charge in [-0.3, -0.25) is 0 Å². The minimum atomic E-state index is 0.280. The molecule has 1 atom stereocenters. The fourth-order valence-electron chi connectivity index (χ4n) is 2.54. The lowest BCUT2D eigenvalue weighted by molar-refractivity contribution is 0.104. The number of ether oxygens (including phenoxy) is 1. The summed E-state index contributed by atoms with van der Waals surface area (Å²) in [7, 11) is 2.13. The zero-order chi connectivity index (χ0) is 13.9. The van der Waals surface area contributed by atoms with Gasteiger partial charge in [0, 0.05) is 18.2 Å². The van der Waals surface area contributed by atoms with E-state index >= 15 is 0 Å². The first-order chi connectivity index (χ1) is 9.70. The van der Waals surface area contributed by atoms with E-state index in [9.17, 15) is 0 Å². The summed E-state index contributed by atoms with van der Waals surface area (Å²) in [6.07, 6.45) is 2.59. The normalized spacial score (nSPS) is 19.9. The molecular weight excluding hydrogens is 254 g/mol. The van der Waals surface area contributed by atoms with Crippen LogP contribution in [-0.2, 0) is 0 Å². The Kier molecular flexibility index (Phi) is 3.60. The highest BCUT2D eigenvalue weighted by Crippen LogP contribution is 2.24. The average Bonchev–Trinajstić information content (AvgIpc) is 2.86. The van der Waals surface area contributed by atoms with Crippen molar-refractivity contribution in [2.75, 3.05) is 25.9 Å². The number of likely N-dealkylation sites (N-methyl/N-ethyl adjacent to an activating group) is 1. The molecule has 0 bridgehead atoms. The number of benzene rings is 1. The lowest BCUT2D eigenvalue weighted by Gasteiger charge is -2.30. The number of piperidine rings is 1. The molecule has 0 saturated carbocycles. The molecule has 1 fully saturated rings. The summed E-state index contributed by atoms with van der Waals surface area (Å²) in [5.74, 6) is 1.22. The van der Waals surface area contributed by atoms with Crippen molar-refractivity contribution in [2.24, 2.45) is 0 Å². The van der Waals surface area contributed by atoms with Crippen LogP contribution in [0.3, 0.4) is 0 Å². The van der Waals surface area contributed by atoms with Gasteiger partial charge in [-0.1, -0.05) is 5.16 Å². The van der Waals surface area contributed by atoms with Gasteiger partial charge in [0.1, 0.15) is 17.5 Å². The van der Waals surface area contributed by atoms with Crippen molar-refractivity contribution in [3.63, 3.8) is 0 Å². The van der Waals surface area contributed by atoms with Crippen molar-refractivity contribution in [2.45, 2.75) is 18.9 Å². The summed E-state index contributed by atoms with van der Waals surface area (Å²) in [5.41, 5.74) is 7.24. The van der Waals surface area contributed by atoms with E-state index < -0.39 is 0 Å². The van der Waals surface area contributed by atoms with Gasteiger partial charge in [-0.15, -0.1) is 0 Å². The number of nitrogen functional groups attached to an aromatic ring is 1. The molecule has 1 aliphatic heterocycles. The summed E-state index contributed by atoms with van der Waals surface area (Å²) in [5, 5.41) is 3.89. The second-order valence-corrected chi connectivity index (χ2v) is 5.28. The molecule has 20 heavy (non-hydrogen) atoms. The molecule has 2 N–H and O–H groups in total. The molecule has 106 valence electrons. The van der Waals surface area contributed by atoms with E-state index in [1.54, 1.807) is 6.07 Å². The van der Waals surface area contributed by atoms with Gasteiger partial charge >= 0.3 is 0 Å². The second kappa shape index (κ2) is 5.54. The van der Waals surface area contributed by atoms with Gasteiger partial charge in [-0.25, -0.2) is 0 Å². The van der Waals surface area contributed by atoms with Crippen LogP contribution in [0, 0.1) is 0 Å². The van der Waals surface area contributed by atoms with Gasteiger partial charge in [0.15, 0.2) is 0 Å². The van der Waals surface area contributed by atoms with Gasteiger partial charge in [0.05, 0.1) is 0 Å². The zero-order valence-corrected chi connectivity index (χ0v) is 11.6. The lowest BCUT2D eigenvalue weighted by atomic mass is 10.1. The van der Waals surface area contributed by atoms with Crippen LogP contribution < -0.4 is 10.5 Å². The molecule has 5 nitrogen and oxygen atoms in total. The molecule has 5 heteroatoms. The van der Waals surface area contributed by atoms with Crippen LogP contribution in [0.2, 0.25) is 0 Å². The molecule has 0 amide bonds. The van der Waals surface area contributed by atoms with Crippen molar-refractivity contribution in [1.82, 2.24) is 10.1 Å². The fourth-order valence-corrected chi connectivity index (χ4v) is 2.54. The summed E-state index contributed by atoms with van der Waals surface area (Å²) in [6, 6.07) is 9.59. The van der Waals surface area contributed by atoms with Crippen LogP contribution in [0.1, 0.15) is 12.8 Å². The van der Waals surface area contributed by atoms with E-state index in [1.807, 2.05) is 24.3 Å². The van der Waals surface area contributed by atoms with Crippen LogP contribution in [-0.4, -0.2) is 36.3 Å². The molecule has 3 rings (SSSR count). The highest BCUT2D eigenvalue weighted by Gasteiger charge is 2.18. The van der Waals surface area contributed by atoms with Crippen molar-refractivity contribution < 1.29 is 9.26 Å². The Hall–Kier alpha value is -2.01. The van der Waals surface area contributed by atoms with Gasteiger partial charge in [0.2, 0.25) is 5.88 Å². The number of aromatic nitrogens is 1. The lowest BCUT2D eigenvalue weighted by Crippen LogP contribution is -2.38. The average molecular weight is 273 g/mol. The number of anilines is 1. The predicted octanol–water partition coefficient (Wildman–Crippen LogP) is 2.40. The van der Waals surface area contributed by atoms with Crippen molar-refractivity contribution >= 4 is 5.88 Å². The van der Waals surface area contributed by atoms with E-state index in [0.29, 0.717) is 5.88 Å². The van der Waals surface area contributed by atoms with Crippen LogP contribution in [0.15, 0.2) is 34.9 Å². The topological polar surface area (TPSA) is 64.5 Å². The fraction of sp³-hybridized carbons (Fsp3) is 0.400. The number of rotatable bonds is 3. The van der Waals surface area contributed by atoms with Crippen molar-refractivity contribution in [3.8, 4) is 17.0 Å². The standard InChI is InChI=1S/C15H19N3O2/c1-18-8-2-3-13(10-18)19-12-6-4-11(5-7-12)14-9-15(16)20-17-14/h4-7,9,13H,2-3,8,10,16H2,1H3. The Balaban J connectivity index is 1.67. The van der Waals surface area contributed by atoms with Crippen LogP contribution >= 0.6 is 0 Å². The Morgan fingerprint density at radius 1 is 1.35 bits per heavy atom. The highest BCUT2D eigenvalue weighted by molar-refractivity contribution is 5.61. The Morgan fingerprint density at radius 2 is 2.15 bits per heavy atom. The van der Waals surface area contributed by atoms with Gasteiger partial charge in [-0.2, -0.15) is 0 Å². The summed E-state index contributed by atoms with van der Waals surface area (Å²) < 4.78 is 10.9. The minimum Gasteiger partial charge on any atom is -0.489 e. The quantitative estimate of drug-likeness (QED) is 0.930. The SMILES string of the molecule is CN1CCCC(Oc2ccc(-c3cc(N)on3)cc2)C1. The number of hydrogen-bond acceptors (Lipinski definition) is 5. The molecular formula is C15H19N3O2. The number of nitrogens with zero attached hydrogens (tertiary/aromatic N) is 2. The van der Waals surface area contributed by atoms with E-state index in [2.05, 4.69) is 17.1 Å². The van der Waals surface area contributed by atoms with Crippen LogP contribution in [0.25, 0.3) is 11.3 Å². The third kappa shape index (κ3) is 2.93. The number of nitrogens with two attached hydrogens (primary N) is 1. The molecule has 2 aromatic rings. The van der Waals surface area contributed by atoms with E-state index in [4.69, 9.17) is 15.0 Å². The molecule has 1 aromatic heterocycles. The maximum atomic E-state index is 6.01. The van der Waals surface area contributed by atoms with E-state index in [-0.39, 0.29) is 6.10 Å². The molecule has 2 heterocycles.